The molecule has 0 saturated carbocycles. The summed E-state index contributed by atoms with van der Waals surface area (Å²) >= 11 is 0. The average molecular weight is 424 g/mol. The molecule has 7 heteroatoms. The van der Waals surface area contributed by atoms with Crippen LogP contribution in [0.5, 0.6) is 0 Å². The van der Waals surface area contributed by atoms with Crippen molar-refractivity contribution in [3.63, 3.8) is 0 Å². The van der Waals surface area contributed by atoms with E-state index in [0.717, 1.165) is 22.3 Å². The second kappa shape index (κ2) is 10.7. The molecule has 0 bridgehead atoms. The molecular weight excluding hydrogens is 396 g/mol. The van der Waals surface area contributed by atoms with Gasteiger partial charge in [-0.05, 0) is 35.6 Å². The van der Waals surface area contributed by atoms with Gasteiger partial charge in [0.15, 0.2) is 5.78 Å². The number of hydrogen-bond acceptors (Lipinski definition) is 5. The summed E-state index contributed by atoms with van der Waals surface area (Å²) in [4.78, 5) is 36.3. The minimum atomic E-state index is -0.932. The van der Waals surface area contributed by atoms with Crippen molar-refractivity contribution in [2.24, 2.45) is 0 Å². The molecule has 0 fully saturated rings. The summed E-state index contributed by atoms with van der Waals surface area (Å²) in [5, 5.41) is 5.24. The molecule has 3 rings (SSSR count). The minimum absolute atomic E-state index is 0.0713. The van der Waals surface area contributed by atoms with Crippen LogP contribution in [0, 0.1) is 0 Å². The van der Waals surface area contributed by atoms with Gasteiger partial charge in [-0.15, -0.1) is 0 Å². The molecule has 1 aliphatic rings. The fourth-order valence-electron chi connectivity index (χ4n) is 3.78. The monoisotopic (exact) mass is 424 g/mol. The van der Waals surface area contributed by atoms with E-state index in [1.807, 2.05) is 36.4 Å². The molecule has 1 atom stereocenters. The van der Waals surface area contributed by atoms with E-state index < -0.39 is 12.1 Å². The van der Waals surface area contributed by atoms with Crippen molar-refractivity contribution < 1.29 is 23.9 Å². The van der Waals surface area contributed by atoms with Gasteiger partial charge in [-0.2, -0.15) is 0 Å². The molecule has 2 aromatic rings. The SMILES string of the molecule is COCCCNC(=O)CC(NC(=O)OCC1c2ccccc2-c2ccccc21)C(C)=O. The fraction of sp³-hybridized carbons (Fsp3) is 0.375. The number of Topliss-reactive ketones (excluding diaryl/α,β-unsaturated/α-hetero) is 1. The maximum atomic E-state index is 12.4. The summed E-state index contributed by atoms with van der Waals surface area (Å²) in [6.07, 6.45) is -0.173. The Morgan fingerprint density at radius 1 is 1.00 bits per heavy atom. The molecule has 2 aromatic carbocycles. The highest BCUT2D eigenvalue weighted by Gasteiger charge is 2.29. The maximum Gasteiger partial charge on any atom is 0.407 e. The van der Waals surface area contributed by atoms with E-state index in [2.05, 4.69) is 22.8 Å². The topological polar surface area (TPSA) is 93.7 Å². The standard InChI is InChI=1S/C24H28N2O5/c1-16(27)22(14-23(28)25-12-7-13-30-2)26-24(29)31-15-21-19-10-5-3-8-17(19)18-9-4-6-11-20(18)21/h3-6,8-11,21-22H,7,12-15H2,1-2H3,(H,25,28)(H,26,29). The molecule has 1 aliphatic carbocycles. The quantitative estimate of drug-likeness (QED) is 0.572. The molecule has 164 valence electrons. The van der Waals surface area contributed by atoms with E-state index in [0.29, 0.717) is 19.6 Å². The number of alkyl carbamates (subject to hydrolysis) is 1. The van der Waals surface area contributed by atoms with Crippen LogP contribution in [0.25, 0.3) is 11.1 Å². The first kappa shape index (κ1) is 22.5. The van der Waals surface area contributed by atoms with Crippen LogP contribution in [0.2, 0.25) is 0 Å². The molecule has 2 amide bonds. The Morgan fingerprint density at radius 2 is 1.61 bits per heavy atom. The molecule has 2 N–H and O–H groups in total. The number of carbonyl (C=O) groups excluding carboxylic acids is 3. The first-order valence-corrected chi connectivity index (χ1v) is 10.4. The second-order valence-electron chi connectivity index (χ2n) is 7.53. The van der Waals surface area contributed by atoms with Gasteiger partial charge in [0.2, 0.25) is 5.91 Å². The average Bonchev–Trinajstić information content (AvgIpc) is 3.08. The van der Waals surface area contributed by atoms with Crippen LogP contribution in [-0.4, -0.2) is 50.7 Å². The third-order valence-electron chi connectivity index (χ3n) is 5.36. The van der Waals surface area contributed by atoms with E-state index >= 15 is 0 Å². The van der Waals surface area contributed by atoms with Crippen LogP contribution in [0.4, 0.5) is 4.79 Å². The van der Waals surface area contributed by atoms with Crippen molar-refractivity contribution in [3.8, 4) is 11.1 Å². The van der Waals surface area contributed by atoms with E-state index in [9.17, 15) is 14.4 Å². The lowest BCUT2D eigenvalue weighted by Crippen LogP contribution is -2.44. The lowest BCUT2D eigenvalue weighted by atomic mass is 9.98. The summed E-state index contributed by atoms with van der Waals surface area (Å²) in [7, 11) is 1.59. The van der Waals surface area contributed by atoms with E-state index in [4.69, 9.17) is 9.47 Å². The zero-order valence-corrected chi connectivity index (χ0v) is 17.9. The molecule has 1 unspecified atom stereocenters. The van der Waals surface area contributed by atoms with E-state index in [1.165, 1.54) is 6.92 Å². The Kier molecular flexibility index (Phi) is 7.78. The van der Waals surface area contributed by atoms with Crippen LogP contribution in [0.15, 0.2) is 48.5 Å². The van der Waals surface area contributed by atoms with Crippen molar-refractivity contribution in [2.45, 2.75) is 31.7 Å². The minimum Gasteiger partial charge on any atom is -0.449 e. The molecular formula is C24H28N2O5. The Labute approximate surface area is 182 Å². The number of rotatable bonds is 10. The smallest absolute Gasteiger partial charge is 0.407 e. The molecule has 0 saturated heterocycles. The summed E-state index contributed by atoms with van der Waals surface area (Å²) in [5.41, 5.74) is 4.49. The van der Waals surface area contributed by atoms with Crippen LogP contribution in [0.1, 0.15) is 36.8 Å². The van der Waals surface area contributed by atoms with Gasteiger partial charge in [-0.25, -0.2) is 4.79 Å². The van der Waals surface area contributed by atoms with E-state index in [-0.39, 0.29) is 30.6 Å². The van der Waals surface area contributed by atoms with Gasteiger partial charge >= 0.3 is 6.09 Å². The highest BCUT2D eigenvalue weighted by molar-refractivity contribution is 5.90. The number of ether oxygens (including phenoxy) is 2. The first-order valence-electron chi connectivity index (χ1n) is 10.4. The van der Waals surface area contributed by atoms with Gasteiger partial charge in [0.25, 0.3) is 0 Å². The predicted molar refractivity (Wildman–Crippen MR) is 117 cm³/mol. The Bertz CT molecular complexity index is 898. The second-order valence-corrected chi connectivity index (χ2v) is 7.53. The normalized spacial score (nSPS) is 13.1. The number of ketones is 1. The third-order valence-corrected chi connectivity index (χ3v) is 5.36. The van der Waals surface area contributed by atoms with Crippen molar-refractivity contribution in [3.05, 3.63) is 59.7 Å². The molecule has 7 nitrogen and oxygen atoms in total. The molecule has 0 spiro atoms. The lowest BCUT2D eigenvalue weighted by molar-refractivity contribution is -0.126. The number of carbonyl (C=O) groups is 3. The number of fused-ring (bicyclic) bond motifs is 3. The number of nitrogens with one attached hydrogen (secondary N) is 2. The molecule has 0 aliphatic heterocycles. The van der Waals surface area contributed by atoms with Gasteiger partial charge in [-0.1, -0.05) is 48.5 Å². The van der Waals surface area contributed by atoms with Gasteiger partial charge in [0.1, 0.15) is 6.61 Å². The van der Waals surface area contributed by atoms with Crippen molar-refractivity contribution in [1.29, 1.82) is 0 Å². The van der Waals surface area contributed by atoms with Crippen LogP contribution in [0.3, 0.4) is 0 Å². The summed E-state index contributed by atoms with van der Waals surface area (Å²) in [6.45, 7) is 2.47. The van der Waals surface area contributed by atoms with Crippen LogP contribution in [-0.2, 0) is 19.1 Å². The van der Waals surface area contributed by atoms with Gasteiger partial charge in [0.05, 0.1) is 12.5 Å². The van der Waals surface area contributed by atoms with Crippen molar-refractivity contribution in [2.75, 3.05) is 26.9 Å². The Hall–Kier alpha value is -3.19. The zero-order valence-electron chi connectivity index (χ0n) is 17.9. The maximum absolute atomic E-state index is 12.4. The molecule has 0 aromatic heterocycles. The van der Waals surface area contributed by atoms with Gasteiger partial charge < -0.3 is 20.1 Å². The number of benzene rings is 2. The number of hydrogen-bond donors (Lipinski definition) is 2. The molecule has 31 heavy (non-hydrogen) atoms. The van der Waals surface area contributed by atoms with Gasteiger partial charge in [0, 0.05) is 26.2 Å². The molecule has 0 heterocycles. The largest absolute Gasteiger partial charge is 0.449 e. The summed E-state index contributed by atoms with van der Waals surface area (Å²) in [5.74, 6) is -0.686. The Balaban J connectivity index is 1.56. The molecule has 0 radical (unpaired) electrons. The Morgan fingerprint density at radius 3 is 2.19 bits per heavy atom. The number of methoxy groups -OCH3 is 1. The summed E-state index contributed by atoms with van der Waals surface area (Å²) in [6, 6.07) is 15.2. The van der Waals surface area contributed by atoms with Crippen molar-refractivity contribution >= 4 is 17.8 Å². The fourth-order valence-corrected chi connectivity index (χ4v) is 3.78. The van der Waals surface area contributed by atoms with E-state index in [1.54, 1.807) is 7.11 Å². The highest BCUT2D eigenvalue weighted by atomic mass is 16.5. The summed E-state index contributed by atoms with van der Waals surface area (Å²) < 4.78 is 10.4. The van der Waals surface area contributed by atoms with Crippen LogP contribution < -0.4 is 10.6 Å². The predicted octanol–water partition coefficient (Wildman–Crippen LogP) is 3.03. The lowest BCUT2D eigenvalue weighted by Gasteiger charge is -2.18. The zero-order chi connectivity index (χ0) is 22.2. The van der Waals surface area contributed by atoms with Crippen molar-refractivity contribution in [1.82, 2.24) is 10.6 Å². The third kappa shape index (κ3) is 5.70. The first-order chi connectivity index (χ1) is 15.0. The highest BCUT2D eigenvalue weighted by Crippen LogP contribution is 2.44. The van der Waals surface area contributed by atoms with Gasteiger partial charge in [-0.3, -0.25) is 9.59 Å². The van der Waals surface area contributed by atoms with Crippen LogP contribution >= 0.6 is 0 Å². The number of amides is 2.